The van der Waals surface area contributed by atoms with Crippen molar-refractivity contribution in [3.63, 3.8) is 0 Å². The predicted octanol–water partition coefficient (Wildman–Crippen LogP) is 3.95. The van der Waals surface area contributed by atoms with Crippen molar-refractivity contribution in [2.24, 2.45) is 5.92 Å². The van der Waals surface area contributed by atoms with E-state index in [0.29, 0.717) is 12.5 Å². The molecule has 2 amide bonds. The van der Waals surface area contributed by atoms with Gasteiger partial charge in [-0.1, -0.05) is 30.3 Å². The molecule has 2 atom stereocenters. The lowest BCUT2D eigenvalue weighted by molar-refractivity contribution is 0.0503. The standard InChI is InChI=1S/C20H30N2O4/c1-20(2,3)26-18(23)21-17-11-10-16(12-17)13-22(4)19(24)25-14-15-8-6-5-7-9-15/h5-9,16-17H,10-14H2,1-4H3,(H,21,23)/t16-,17-/m1/s1. The van der Waals surface area contributed by atoms with Gasteiger partial charge in [-0.25, -0.2) is 9.59 Å². The highest BCUT2D eigenvalue weighted by Gasteiger charge is 2.29. The second kappa shape index (κ2) is 8.92. The Morgan fingerprint density at radius 3 is 2.54 bits per heavy atom. The van der Waals surface area contributed by atoms with Crippen molar-refractivity contribution in [3.05, 3.63) is 35.9 Å². The highest BCUT2D eigenvalue weighted by Crippen LogP contribution is 2.26. The zero-order chi connectivity index (χ0) is 19.2. The number of ether oxygens (including phenoxy) is 2. The Bertz CT molecular complexity index is 598. The normalized spacial score (nSPS) is 19.7. The van der Waals surface area contributed by atoms with Crippen LogP contribution in [0.5, 0.6) is 0 Å². The van der Waals surface area contributed by atoms with E-state index in [-0.39, 0.29) is 24.8 Å². The third kappa shape index (κ3) is 6.94. The van der Waals surface area contributed by atoms with Crippen molar-refractivity contribution >= 4 is 12.2 Å². The van der Waals surface area contributed by atoms with Crippen LogP contribution in [0.3, 0.4) is 0 Å². The van der Waals surface area contributed by atoms with E-state index in [9.17, 15) is 9.59 Å². The second-order valence-corrected chi connectivity index (χ2v) is 7.94. The van der Waals surface area contributed by atoms with Crippen molar-refractivity contribution in [2.75, 3.05) is 13.6 Å². The Labute approximate surface area is 155 Å². The molecule has 1 N–H and O–H groups in total. The smallest absolute Gasteiger partial charge is 0.409 e. The predicted molar refractivity (Wildman–Crippen MR) is 99.8 cm³/mol. The maximum atomic E-state index is 12.1. The van der Waals surface area contributed by atoms with E-state index in [1.165, 1.54) is 0 Å². The largest absolute Gasteiger partial charge is 0.445 e. The minimum absolute atomic E-state index is 0.101. The average molecular weight is 362 g/mol. The van der Waals surface area contributed by atoms with Crippen LogP contribution >= 0.6 is 0 Å². The molecule has 1 saturated carbocycles. The maximum Gasteiger partial charge on any atom is 0.409 e. The maximum absolute atomic E-state index is 12.1. The highest BCUT2D eigenvalue weighted by molar-refractivity contribution is 5.68. The summed E-state index contributed by atoms with van der Waals surface area (Å²) < 4.78 is 10.6. The first-order valence-electron chi connectivity index (χ1n) is 9.14. The number of amides is 2. The summed E-state index contributed by atoms with van der Waals surface area (Å²) in [6, 6.07) is 9.73. The number of nitrogens with zero attached hydrogens (tertiary/aromatic N) is 1. The van der Waals surface area contributed by atoms with Crippen molar-refractivity contribution in [2.45, 2.75) is 58.3 Å². The van der Waals surface area contributed by atoms with Gasteiger partial charge >= 0.3 is 12.2 Å². The molecule has 6 nitrogen and oxygen atoms in total. The minimum Gasteiger partial charge on any atom is -0.445 e. The zero-order valence-corrected chi connectivity index (χ0v) is 16.2. The summed E-state index contributed by atoms with van der Waals surface area (Å²) in [6.07, 6.45) is 2.01. The molecule has 0 unspecified atom stereocenters. The van der Waals surface area contributed by atoms with E-state index < -0.39 is 5.60 Å². The van der Waals surface area contributed by atoms with Crippen LogP contribution in [0.15, 0.2) is 30.3 Å². The van der Waals surface area contributed by atoms with Gasteiger partial charge in [0.1, 0.15) is 12.2 Å². The zero-order valence-electron chi connectivity index (χ0n) is 16.2. The summed E-state index contributed by atoms with van der Waals surface area (Å²) in [7, 11) is 1.75. The molecule has 0 radical (unpaired) electrons. The van der Waals surface area contributed by atoms with Crippen molar-refractivity contribution in [3.8, 4) is 0 Å². The molecule has 1 aromatic rings. The molecule has 144 valence electrons. The number of hydrogen-bond acceptors (Lipinski definition) is 4. The SMILES string of the molecule is CN(C[C@@H]1CC[C@@H](NC(=O)OC(C)(C)C)C1)C(=O)OCc1ccccc1. The van der Waals surface area contributed by atoms with Crippen molar-refractivity contribution in [1.82, 2.24) is 10.2 Å². The molecule has 6 heteroatoms. The van der Waals surface area contributed by atoms with Gasteiger partial charge in [-0.15, -0.1) is 0 Å². The Morgan fingerprint density at radius 1 is 1.19 bits per heavy atom. The third-order valence-electron chi connectivity index (χ3n) is 4.31. The topological polar surface area (TPSA) is 67.9 Å². The van der Waals surface area contributed by atoms with E-state index >= 15 is 0 Å². The fourth-order valence-electron chi connectivity index (χ4n) is 3.14. The van der Waals surface area contributed by atoms with Crippen LogP contribution in [0.4, 0.5) is 9.59 Å². The molecular weight excluding hydrogens is 332 g/mol. The van der Waals surface area contributed by atoms with Gasteiger partial charge in [0.2, 0.25) is 0 Å². The molecule has 1 aromatic carbocycles. The molecule has 0 heterocycles. The number of benzene rings is 1. The number of alkyl carbamates (subject to hydrolysis) is 1. The van der Waals surface area contributed by atoms with E-state index in [4.69, 9.17) is 9.47 Å². The molecule has 0 saturated heterocycles. The van der Waals surface area contributed by atoms with E-state index in [0.717, 1.165) is 24.8 Å². The van der Waals surface area contributed by atoms with E-state index in [2.05, 4.69) is 5.32 Å². The Balaban J connectivity index is 1.70. The minimum atomic E-state index is -0.495. The molecule has 1 aliphatic carbocycles. The molecule has 1 aliphatic rings. The number of rotatable bonds is 5. The van der Waals surface area contributed by atoms with Crippen molar-refractivity contribution < 1.29 is 19.1 Å². The third-order valence-corrected chi connectivity index (χ3v) is 4.31. The fraction of sp³-hybridized carbons (Fsp3) is 0.600. The summed E-state index contributed by atoms with van der Waals surface area (Å²) in [6.45, 7) is 6.44. The molecule has 2 rings (SSSR count). The molecule has 0 bridgehead atoms. The fourth-order valence-corrected chi connectivity index (χ4v) is 3.14. The molecule has 26 heavy (non-hydrogen) atoms. The van der Waals surface area contributed by atoms with E-state index in [1.807, 2.05) is 51.1 Å². The lowest BCUT2D eigenvalue weighted by Crippen LogP contribution is -2.38. The summed E-state index contributed by atoms with van der Waals surface area (Å²) >= 11 is 0. The summed E-state index contributed by atoms with van der Waals surface area (Å²) in [4.78, 5) is 25.6. The number of carbonyl (C=O) groups excluding carboxylic acids is 2. The van der Waals surface area contributed by atoms with Gasteiger partial charge in [-0.3, -0.25) is 0 Å². The van der Waals surface area contributed by atoms with Gasteiger partial charge in [0, 0.05) is 19.6 Å². The summed E-state index contributed by atoms with van der Waals surface area (Å²) in [5.74, 6) is 0.351. The summed E-state index contributed by atoms with van der Waals surface area (Å²) in [5, 5.41) is 2.92. The van der Waals surface area contributed by atoms with Gasteiger partial charge in [0.15, 0.2) is 0 Å². The van der Waals surface area contributed by atoms with Crippen LogP contribution in [0, 0.1) is 5.92 Å². The van der Waals surface area contributed by atoms with Gasteiger partial charge in [0.25, 0.3) is 0 Å². The Kier molecular flexibility index (Phi) is 6.89. The number of carbonyl (C=O) groups is 2. The van der Waals surface area contributed by atoms with Crippen LogP contribution in [-0.2, 0) is 16.1 Å². The lowest BCUT2D eigenvalue weighted by Gasteiger charge is -2.22. The molecule has 0 spiro atoms. The van der Waals surface area contributed by atoms with Crippen molar-refractivity contribution in [1.29, 1.82) is 0 Å². The molecular formula is C20H30N2O4. The van der Waals surface area contributed by atoms with E-state index in [1.54, 1.807) is 11.9 Å². The van der Waals surface area contributed by atoms with Gasteiger partial charge in [-0.2, -0.15) is 0 Å². The highest BCUT2D eigenvalue weighted by atomic mass is 16.6. The van der Waals surface area contributed by atoms with Crippen LogP contribution < -0.4 is 5.32 Å². The molecule has 0 aliphatic heterocycles. The first-order valence-corrected chi connectivity index (χ1v) is 9.14. The molecule has 0 aromatic heterocycles. The van der Waals surface area contributed by atoms with Gasteiger partial charge < -0.3 is 19.7 Å². The quantitative estimate of drug-likeness (QED) is 0.861. The molecule has 1 fully saturated rings. The lowest BCUT2D eigenvalue weighted by atomic mass is 10.1. The van der Waals surface area contributed by atoms with Crippen LogP contribution in [0.1, 0.15) is 45.6 Å². The second-order valence-electron chi connectivity index (χ2n) is 7.94. The number of hydrogen-bond donors (Lipinski definition) is 1. The first-order chi connectivity index (χ1) is 12.2. The Hall–Kier alpha value is -2.24. The average Bonchev–Trinajstić information content (AvgIpc) is 2.98. The van der Waals surface area contributed by atoms with Crippen LogP contribution in [0.25, 0.3) is 0 Å². The van der Waals surface area contributed by atoms with Crippen LogP contribution in [0.2, 0.25) is 0 Å². The number of nitrogens with one attached hydrogen (secondary N) is 1. The monoisotopic (exact) mass is 362 g/mol. The summed E-state index contributed by atoms with van der Waals surface area (Å²) in [5.41, 5.74) is 0.474. The first kappa shape index (κ1) is 20.1. The van der Waals surface area contributed by atoms with Gasteiger partial charge in [-0.05, 0) is 51.5 Å². The van der Waals surface area contributed by atoms with Gasteiger partial charge in [0.05, 0.1) is 0 Å². The van der Waals surface area contributed by atoms with Crippen LogP contribution in [-0.4, -0.2) is 42.3 Å². The Morgan fingerprint density at radius 2 is 1.88 bits per heavy atom.